The Balaban J connectivity index is 2.52. The molecule has 6 nitrogen and oxygen atoms in total. The van der Waals surface area contributed by atoms with Gasteiger partial charge in [-0.15, -0.1) is 11.3 Å². The Hall–Kier alpha value is -1.40. The average molecular weight is 301 g/mol. The van der Waals surface area contributed by atoms with E-state index in [0.29, 0.717) is 10.4 Å². The van der Waals surface area contributed by atoms with Gasteiger partial charge < -0.3 is 11.1 Å². The van der Waals surface area contributed by atoms with E-state index in [4.69, 9.17) is 5.73 Å². The fraction of sp³-hybridized carbons (Fsp3) is 0.364. The first-order valence-corrected chi connectivity index (χ1v) is 8.20. The summed E-state index contributed by atoms with van der Waals surface area (Å²) in [6.45, 7) is 0.600. The molecule has 0 fully saturated rings. The molecule has 0 spiro atoms. The number of carbonyl (C=O) groups is 1. The molecule has 0 bridgehead atoms. The Kier molecular flexibility index (Phi) is 5.98. The number of rotatable bonds is 5. The molecule has 8 heteroatoms. The maximum Gasteiger partial charge on any atom is 0.262 e. The Bertz CT molecular complexity index is 596. The van der Waals surface area contributed by atoms with Crippen LogP contribution < -0.4 is 15.8 Å². The predicted octanol–water partition coefficient (Wildman–Crippen LogP) is -0.663. The zero-order valence-electron chi connectivity index (χ0n) is 10.4. The van der Waals surface area contributed by atoms with Crippen molar-refractivity contribution in [3.63, 3.8) is 0 Å². The Morgan fingerprint density at radius 2 is 2.21 bits per heavy atom. The fourth-order valence-corrected chi connectivity index (χ4v) is 2.46. The van der Waals surface area contributed by atoms with E-state index in [-0.39, 0.29) is 25.5 Å². The average Bonchev–Trinajstić information content (AvgIpc) is 2.79. The fourth-order valence-electron chi connectivity index (χ4n) is 1.22. The second-order valence-electron chi connectivity index (χ2n) is 3.59. The number of amides is 1. The van der Waals surface area contributed by atoms with Gasteiger partial charge in [-0.1, -0.05) is 11.8 Å². The molecule has 1 aromatic rings. The van der Waals surface area contributed by atoms with Crippen molar-refractivity contribution in [3.05, 3.63) is 21.9 Å². The number of hydrogen-bond donors (Lipinski definition) is 3. The van der Waals surface area contributed by atoms with E-state index in [1.807, 2.05) is 0 Å². The zero-order chi connectivity index (χ0) is 14.3. The lowest BCUT2D eigenvalue weighted by molar-refractivity contribution is 0.0958. The van der Waals surface area contributed by atoms with Gasteiger partial charge in [0.05, 0.1) is 12.8 Å². The lowest BCUT2D eigenvalue weighted by Gasteiger charge is -2.04. The van der Waals surface area contributed by atoms with Crippen LogP contribution in [0.2, 0.25) is 0 Å². The molecule has 0 aliphatic heterocycles. The van der Waals surface area contributed by atoms with Crippen LogP contribution in [0.1, 0.15) is 15.2 Å². The molecule has 104 valence electrons. The highest BCUT2D eigenvalue weighted by atomic mass is 32.2. The van der Waals surface area contributed by atoms with Crippen molar-refractivity contribution in [2.45, 2.75) is 0 Å². The van der Waals surface area contributed by atoms with E-state index >= 15 is 0 Å². The molecule has 19 heavy (non-hydrogen) atoms. The van der Waals surface area contributed by atoms with Crippen molar-refractivity contribution in [2.75, 3.05) is 25.9 Å². The summed E-state index contributed by atoms with van der Waals surface area (Å²) in [5, 5.41) is 4.39. The molecule has 0 radical (unpaired) electrons. The van der Waals surface area contributed by atoms with Crippen LogP contribution in [-0.2, 0) is 10.0 Å². The standard InChI is InChI=1S/C11H15N3O3S2/c1-19(16,17)14-7-6-13-11(15)10-9(3-2-5-12)4-8-18-10/h4,8,14H,5-7,12H2,1H3,(H,13,15). The summed E-state index contributed by atoms with van der Waals surface area (Å²) >= 11 is 1.28. The van der Waals surface area contributed by atoms with Gasteiger partial charge in [0.1, 0.15) is 4.88 Å². The van der Waals surface area contributed by atoms with E-state index in [1.54, 1.807) is 11.4 Å². The van der Waals surface area contributed by atoms with Gasteiger partial charge in [-0.05, 0) is 11.4 Å². The largest absolute Gasteiger partial charge is 0.350 e. The molecule has 4 N–H and O–H groups in total. The molecule has 0 atom stereocenters. The van der Waals surface area contributed by atoms with E-state index in [9.17, 15) is 13.2 Å². The van der Waals surface area contributed by atoms with Crippen molar-refractivity contribution in [1.29, 1.82) is 0 Å². The maximum atomic E-state index is 11.8. The van der Waals surface area contributed by atoms with Gasteiger partial charge >= 0.3 is 0 Å². The minimum absolute atomic E-state index is 0.153. The summed E-state index contributed by atoms with van der Waals surface area (Å²) in [7, 11) is -3.23. The van der Waals surface area contributed by atoms with Gasteiger partial charge in [0.25, 0.3) is 5.91 Å². The number of nitrogens with one attached hydrogen (secondary N) is 2. The summed E-state index contributed by atoms with van der Waals surface area (Å²) in [4.78, 5) is 12.3. The number of thiophene rings is 1. The van der Waals surface area contributed by atoms with Crippen molar-refractivity contribution in [3.8, 4) is 11.8 Å². The highest BCUT2D eigenvalue weighted by Gasteiger charge is 2.11. The third kappa shape index (κ3) is 5.85. The van der Waals surface area contributed by atoms with Crippen LogP contribution in [0.4, 0.5) is 0 Å². The maximum absolute atomic E-state index is 11.8. The molecule has 0 unspecified atom stereocenters. The van der Waals surface area contributed by atoms with Crippen molar-refractivity contribution >= 4 is 27.3 Å². The third-order valence-corrected chi connectivity index (χ3v) is 3.61. The summed E-state index contributed by atoms with van der Waals surface area (Å²) in [5.41, 5.74) is 5.90. The molecular formula is C11H15N3O3S2. The summed E-state index contributed by atoms with van der Waals surface area (Å²) in [6.07, 6.45) is 1.06. The van der Waals surface area contributed by atoms with Gasteiger partial charge in [0.2, 0.25) is 10.0 Å². The van der Waals surface area contributed by atoms with E-state index < -0.39 is 10.0 Å². The monoisotopic (exact) mass is 301 g/mol. The van der Waals surface area contributed by atoms with Crippen molar-refractivity contribution in [2.24, 2.45) is 5.73 Å². The second-order valence-corrected chi connectivity index (χ2v) is 6.34. The second kappa shape index (κ2) is 7.25. The highest BCUT2D eigenvalue weighted by molar-refractivity contribution is 7.88. The quantitative estimate of drug-likeness (QED) is 0.496. The lowest BCUT2D eigenvalue weighted by Crippen LogP contribution is -2.34. The Morgan fingerprint density at radius 3 is 2.84 bits per heavy atom. The molecule has 0 saturated heterocycles. The van der Waals surface area contributed by atoms with Crippen molar-refractivity contribution < 1.29 is 13.2 Å². The predicted molar refractivity (Wildman–Crippen MR) is 75.4 cm³/mol. The molecule has 1 aromatic heterocycles. The molecule has 1 rings (SSSR count). The minimum Gasteiger partial charge on any atom is -0.350 e. The molecular weight excluding hydrogens is 286 g/mol. The first kappa shape index (κ1) is 15.7. The zero-order valence-corrected chi connectivity index (χ0v) is 12.0. The van der Waals surface area contributed by atoms with Crippen LogP contribution in [0.3, 0.4) is 0 Å². The van der Waals surface area contributed by atoms with Crippen LogP contribution in [-0.4, -0.2) is 40.2 Å². The number of sulfonamides is 1. The smallest absolute Gasteiger partial charge is 0.262 e. The molecule has 0 saturated carbocycles. The topological polar surface area (TPSA) is 101 Å². The lowest BCUT2D eigenvalue weighted by atomic mass is 10.2. The van der Waals surface area contributed by atoms with Crippen LogP contribution in [0.15, 0.2) is 11.4 Å². The SMILES string of the molecule is CS(=O)(=O)NCCNC(=O)c1sccc1C#CCN. The number of carbonyl (C=O) groups excluding carboxylic acids is 1. The van der Waals surface area contributed by atoms with Crippen molar-refractivity contribution in [1.82, 2.24) is 10.0 Å². The van der Waals surface area contributed by atoms with Gasteiger partial charge in [0, 0.05) is 18.7 Å². The van der Waals surface area contributed by atoms with Crippen LogP contribution in [0.5, 0.6) is 0 Å². The van der Waals surface area contributed by atoms with E-state index in [1.165, 1.54) is 11.3 Å². The Labute approximate surface area is 116 Å². The minimum atomic E-state index is -3.23. The van der Waals surface area contributed by atoms with Crippen LogP contribution >= 0.6 is 11.3 Å². The summed E-state index contributed by atoms with van der Waals surface area (Å²) in [6, 6.07) is 1.75. The molecule has 1 amide bonds. The molecule has 0 aliphatic rings. The van der Waals surface area contributed by atoms with Gasteiger partial charge in [0.15, 0.2) is 0 Å². The third-order valence-electron chi connectivity index (χ3n) is 1.97. The van der Waals surface area contributed by atoms with Gasteiger partial charge in [-0.2, -0.15) is 0 Å². The van der Waals surface area contributed by atoms with E-state index in [0.717, 1.165) is 6.26 Å². The number of nitrogens with two attached hydrogens (primary N) is 1. The van der Waals surface area contributed by atoms with E-state index in [2.05, 4.69) is 21.9 Å². The Morgan fingerprint density at radius 1 is 1.47 bits per heavy atom. The normalized spacial score (nSPS) is 10.6. The summed E-state index contributed by atoms with van der Waals surface area (Å²) < 4.78 is 23.9. The number of hydrogen-bond acceptors (Lipinski definition) is 5. The molecule has 1 heterocycles. The summed E-state index contributed by atoms with van der Waals surface area (Å²) in [5.74, 6) is 5.23. The van der Waals surface area contributed by atoms with Crippen LogP contribution in [0.25, 0.3) is 0 Å². The first-order valence-electron chi connectivity index (χ1n) is 5.43. The van der Waals surface area contributed by atoms with Crippen LogP contribution in [0, 0.1) is 11.8 Å². The molecule has 0 aliphatic carbocycles. The highest BCUT2D eigenvalue weighted by Crippen LogP contribution is 2.15. The molecule has 0 aromatic carbocycles. The van der Waals surface area contributed by atoms with Gasteiger partial charge in [-0.25, -0.2) is 13.1 Å². The first-order chi connectivity index (χ1) is 8.94. The van der Waals surface area contributed by atoms with Gasteiger partial charge in [-0.3, -0.25) is 4.79 Å².